The molecule has 0 unspecified atom stereocenters. The number of ether oxygens (including phenoxy) is 1. The van der Waals surface area contributed by atoms with E-state index in [2.05, 4.69) is 33.0 Å². The zero-order valence-electron chi connectivity index (χ0n) is 11.9. The minimum Gasteiger partial charge on any atom is -0.383 e. The molecule has 98 valence electrons. The summed E-state index contributed by atoms with van der Waals surface area (Å²) >= 11 is 0. The van der Waals surface area contributed by atoms with Gasteiger partial charge in [0, 0.05) is 20.2 Å². The number of nitrogens with one attached hydrogen (secondary N) is 1. The van der Waals surface area contributed by atoms with E-state index in [1.54, 1.807) is 7.11 Å². The molecular weight excluding hydrogens is 198 g/mol. The van der Waals surface area contributed by atoms with E-state index in [1.165, 1.54) is 25.7 Å². The van der Waals surface area contributed by atoms with Crippen LogP contribution in [0.1, 0.15) is 53.4 Å². The van der Waals surface area contributed by atoms with Gasteiger partial charge in [-0.15, -0.1) is 0 Å². The predicted molar refractivity (Wildman–Crippen MR) is 71.8 cm³/mol. The molecule has 0 aromatic carbocycles. The maximum Gasteiger partial charge on any atom is 0.0587 e. The van der Waals surface area contributed by atoms with E-state index in [0.717, 1.165) is 25.6 Å². The van der Waals surface area contributed by atoms with Crippen molar-refractivity contribution >= 4 is 0 Å². The molecule has 0 heterocycles. The monoisotopic (exact) mass is 229 g/mol. The zero-order valence-corrected chi connectivity index (χ0v) is 11.9. The first kappa shape index (κ1) is 15.9. The fraction of sp³-hybridized carbons (Fsp3) is 1.00. The van der Waals surface area contributed by atoms with Crippen LogP contribution in [0.25, 0.3) is 0 Å². The molecule has 0 atom stereocenters. The summed E-state index contributed by atoms with van der Waals surface area (Å²) < 4.78 is 5.06. The molecule has 0 aliphatic rings. The van der Waals surface area contributed by atoms with Gasteiger partial charge in [-0.05, 0) is 30.6 Å². The van der Waals surface area contributed by atoms with Crippen LogP contribution in [0.5, 0.6) is 0 Å². The molecule has 0 aliphatic carbocycles. The van der Waals surface area contributed by atoms with Crippen LogP contribution in [0.4, 0.5) is 0 Å². The Morgan fingerprint density at radius 2 is 1.81 bits per heavy atom. The van der Waals surface area contributed by atoms with E-state index in [9.17, 15) is 0 Å². The topological polar surface area (TPSA) is 21.3 Å². The maximum absolute atomic E-state index is 5.06. The second-order valence-corrected chi connectivity index (χ2v) is 5.31. The molecule has 0 aromatic heterocycles. The molecule has 2 nitrogen and oxygen atoms in total. The SMILES string of the molecule is CCC(CC)(CCC(C)C)CNCCOC. The molecule has 1 N–H and O–H groups in total. The highest BCUT2D eigenvalue weighted by molar-refractivity contribution is 4.79. The lowest BCUT2D eigenvalue weighted by atomic mass is 9.77. The van der Waals surface area contributed by atoms with Crippen molar-refractivity contribution in [2.75, 3.05) is 26.8 Å². The highest BCUT2D eigenvalue weighted by atomic mass is 16.5. The van der Waals surface area contributed by atoms with Gasteiger partial charge in [-0.1, -0.05) is 34.1 Å². The van der Waals surface area contributed by atoms with Gasteiger partial charge in [0.1, 0.15) is 0 Å². The Morgan fingerprint density at radius 3 is 2.25 bits per heavy atom. The van der Waals surface area contributed by atoms with Crippen LogP contribution in [0.2, 0.25) is 0 Å². The van der Waals surface area contributed by atoms with E-state index in [0.29, 0.717) is 5.41 Å². The fourth-order valence-corrected chi connectivity index (χ4v) is 2.06. The molecule has 0 aliphatic heterocycles. The Balaban J connectivity index is 4.00. The molecule has 0 bridgehead atoms. The van der Waals surface area contributed by atoms with Gasteiger partial charge in [0.25, 0.3) is 0 Å². The Bertz CT molecular complexity index is 153. The second-order valence-electron chi connectivity index (χ2n) is 5.31. The number of hydrogen-bond acceptors (Lipinski definition) is 2. The van der Waals surface area contributed by atoms with E-state index in [4.69, 9.17) is 4.74 Å². The zero-order chi connectivity index (χ0) is 12.4. The van der Waals surface area contributed by atoms with Crippen LogP contribution >= 0.6 is 0 Å². The van der Waals surface area contributed by atoms with Crippen molar-refractivity contribution in [3.63, 3.8) is 0 Å². The van der Waals surface area contributed by atoms with Crippen LogP contribution in [-0.2, 0) is 4.74 Å². The molecule has 0 saturated carbocycles. The molecule has 0 saturated heterocycles. The number of hydrogen-bond donors (Lipinski definition) is 1. The molecular formula is C14H31NO. The van der Waals surface area contributed by atoms with Gasteiger partial charge in [-0.25, -0.2) is 0 Å². The fourth-order valence-electron chi connectivity index (χ4n) is 2.06. The molecule has 2 heteroatoms. The maximum atomic E-state index is 5.06. The highest BCUT2D eigenvalue weighted by Gasteiger charge is 2.25. The number of rotatable bonds is 10. The molecule has 0 rings (SSSR count). The van der Waals surface area contributed by atoms with Gasteiger partial charge < -0.3 is 10.1 Å². The van der Waals surface area contributed by atoms with Gasteiger partial charge in [0.05, 0.1) is 6.61 Å². The summed E-state index contributed by atoms with van der Waals surface area (Å²) in [6.07, 6.45) is 5.23. The standard InChI is InChI=1S/C14H31NO/c1-6-14(7-2,9-8-13(3)4)12-15-10-11-16-5/h13,15H,6-12H2,1-5H3. The van der Waals surface area contributed by atoms with Crippen LogP contribution in [0.3, 0.4) is 0 Å². The first-order valence-corrected chi connectivity index (χ1v) is 6.80. The Labute approximate surface area is 102 Å². The lowest BCUT2D eigenvalue weighted by Gasteiger charge is -2.33. The molecule has 0 fully saturated rings. The lowest BCUT2D eigenvalue weighted by Crippen LogP contribution is -2.35. The first-order valence-electron chi connectivity index (χ1n) is 6.80. The summed E-state index contributed by atoms with van der Waals surface area (Å²) in [6.45, 7) is 12.2. The average molecular weight is 229 g/mol. The third-order valence-electron chi connectivity index (χ3n) is 3.73. The van der Waals surface area contributed by atoms with Gasteiger partial charge in [-0.2, -0.15) is 0 Å². The van der Waals surface area contributed by atoms with E-state index < -0.39 is 0 Å². The van der Waals surface area contributed by atoms with Gasteiger partial charge in [-0.3, -0.25) is 0 Å². The first-order chi connectivity index (χ1) is 7.60. The summed E-state index contributed by atoms with van der Waals surface area (Å²) in [5.41, 5.74) is 0.498. The van der Waals surface area contributed by atoms with E-state index in [-0.39, 0.29) is 0 Å². The van der Waals surface area contributed by atoms with Crippen LogP contribution < -0.4 is 5.32 Å². The van der Waals surface area contributed by atoms with Crippen molar-refractivity contribution < 1.29 is 4.74 Å². The highest BCUT2D eigenvalue weighted by Crippen LogP contribution is 2.32. The number of methoxy groups -OCH3 is 1. The van der Waals surface area contributed by atoms with E-state index in [1.807, 2.05) is 0 Å². The van der Waals surface area contributed by atoms with Gasteiger partial charge in [0.2, 0.25) is 0 Å². The van der Waals surface area contributed by atoms with Crippen molar-refractivity contribution in [3.8, 4) is 0 Å². The van der Waals surface area contributed by atoms with Gasteiger partial charge >= 0.3 is 0 Å². The minimum atomic E-state index is 0.498. The molecule has 0 aromatic rings. The second kappa shape index (κ2) is 9.00. The molecule has 0 amide bonds. The van der Waals surface area contributed by atoms with Gasteiger partial charge in [0.15, 0.2) is 0 Å². The lowest BCUT2D eigenvalue weighted by molar-refractivity contribution is 0.177. The summed E-state index contributed by atoms with van der Waals surface area (Å²) in [4.78, 5) is 0. The van der Waals surface area contributed by atoms with Crippen molar-refractivity contribution in [2.45, 2.75) is 53.4 Å². The molecule has 0 radical (unpaired) electrons. The Morgan fingerprint density at radius 1 is 1.19 bits per heavy atom. The van der Waals surface area contributed by atoms with Crippen LogP contribution in [-0.4, -0.2) is 26.8 Å². The minimum absolute atomic E-state index is 0.498. The Kier molecular flexibility index (Phi) is 8.96. The van der Waals surface area contributed by atoms with E-state index >= 15 is 0 Å². The summed E-state index contributed by atoms with van der Waals surface area (Å²) in [5.74, 6) is 0.816. The van der Waals surface area contributed by atoms with Crippen molar-refractivity contribution in [1.29, 1.82) is 0 Å². The molecule has 16 heavy (non-hydrogen) atoms. The largest absolute Gasteiger partial charge is 0.383 e. The smallest absolute Gasteiger partial charge is 0.0587 e. The molecule has 0 spiro atoms. The summed E-state index contributed by atoms with van der Waals surface area (Å²) in [7, 11) is 1.76. The predicted octanol–water partition coefficient (Wildman–Crippen LogP) is 3.47. The van der Waals surface area contributed by atoms with Crippen molar-refractivity contribution in [1.82, 2.24) is 5.32 Å². The quantitative estimate of drug-likeness (QED) is 0.579. The third-order valence-corrected chi connectivity index (χ3v) is 3.73. The van der Waals surface area contributed by atoms with Crippen molar-refractivity contribution in [2.24, 2.45) is 11.3 Å². The third kappa shape index (κ3) is 6.49. The van der Waals surface area contributed by atoms with Crippen LogP contribution in [0, 0.1) is 11.3 Å². The summed E-state index contributed by atoms with van der Waals surface area (Å²) in [5, 5.41) is 3.53. The van der Waals surface area contributed by atoms with Crippen molar-refractivity contribution in [3.05, 3.63) is 0 Å². The van der Waals surface area contributed by atoms with Crippen LogP contribution in [0.15, 0.2) is 0 Å². The summed E-state index contributed by atoms with van der Waals surface area (Å²) in [6, 6.07) is 0. The normalized spacial score (nSPS) is 12.4. The Hall–Kier alpha value is -0.0800. The average Bonchev–Trinajstić information content (AvgIpc) is 2.29.